The zero-order valence-corrected chi connectivity index (χ0v) is 12.2. The predicted octanol–water partition coefficient (Wildman–Crippen LogP) is 3.26. The maximum atomic E-state index is 4.22. The molecule has 3 rings (SSSR count). The van der Waals surface area contributed by atoms with Crippen molar-refractivity contribution in [3.8, 4) is 11.4 Å². The van der Waals surface area contributed by atoms with Crippen molar-refractivity contribution in [1.29, 1.82) is 0 Å². The van der Waals surface area contributed by atoms with Crippen LogP contribution in [0.1, 0.15) is 31.7 Å². The van der Waals surface area contributed by atoms with Crippen molar-refractivity contribution in [3.05, 3.63) is 30.3 Å². The molecule has 1 saturated carbocycles. The van der Waals surface area contributed by atoms with Crippen molar-refractivity contribution in [2.75, 3.05) is 0 Å². The summed E-state index contributed by atoms with van der Waals surface area (Å²) < 4.78 is 2.65. The first-order valence-electron chi connectivity index (χ1n) is 6.33. The van der Waals surface area contributed by atoms with Gasteiger partial charge in [0.2, 0.25) is 0 Å². The van der Waals surface area contributed by atoms with E-state index in [0.29, 0.717) is 9.97 Å². The van der Waals surface area contributed by atoms with Crippen LogP contribution in [0, 0.1) is 0 Å². The molecule has 1 aromatic heterocycles. The molecule has 1 aromatic carbocycles. The Balaban J connectivity index is 1.96. The lowest BCUT2D eigenvalue weighted by atomic mass is 9.95. The van der Waals surface area contributed by atoms with Crippen LogP contribution in [0.15, 0.2) is 30.3 Å². The van der Waals surface area contributed by atoms with Crippen LogP contribution in [-0.2, 0) is 0 Å². The molecule has 2 aromatic rings. The van der Waals surface area contributed by atoms with Crippen molar-refractivity contribution >= 4 is 22.6 Å². The van der Waals surface area contributed by atoms with Gasteiger partial charge in [0.25, 0.3) is 0 Å². The van der Waals surface area contributed by atoms with Crippen molar-refractivity contribution < 1.29 is 0 Å². The molecule has 0 amide bonds. The Morgan fingerprint density at radius 3 is 2.67 bits per heavy atom. The number of hydrogen-bond donors (Lipinski definition) is 0. The minimum absolute atomic E-state index is 0.435. The minimum atomic E-state index is 0.435. The zero-order chi connectivity index (χ0) is 12.4. The molecule has 0 spiro atoms. The minimum Gasteiger partial charge on any atom is -0.221 e. The molecule has 18 heavy (non-hydrogen) atoms. The van der Waals surface area contributed by atoms with Crippen LogP contribution in [0.5, 0.6) is 0 Å². The Kier molecular flexibility index (Phi) is 3.58. The summed E-state index contributed by atoms with van der Waals surface area (Å²) in [7, 11) is 0. The van der Waals surface area contributed by atoms with Crippen LogP contribution >= 0.6 is 22.6 Å². The third kappa shape index (κ3) is 2.28. The molecule has 0 bridgehead atoms. The molecule has 1 fully saturated rings. The van der Waals surface area contributed by atoms with Crippen molar-refractivity contribution in [3.63, 3.8) is 0 Å². The smallest absolute Gasteiger partial charge is 0.182 e. The summed E-state index contributed by atoms with van der Waals surface area (Å²) in [5.74, 6) is 0.893. The highest BCUT2D eigenvalue weighted by molar-refractivity contribution is 14.1. The van der Waals surface area contributed by atoms with Gasteiger partial charge in [0, 0.05) is 9.49 Å². The number of alkyl halides is 1. The van der Waals surface area contributed by atoms with Crippen molar-refractivity contribution in [2.24, 2.45) is 0 Å². The van der Waals surface area contributed by atoms with Crippen LogP contribution in [0.2, 0.25) is 0 Å². The van der Waals surface area contributed by atoms with Gasteiger partial charge in [0.1, 0.15) is 0 Å². The first kappa shape index (κ1) is 12.1. The molecule has 0 saturated heterocycles. The number of rotatable bonds is 2. The number of tetrazole rings is 1. The van der Waals surface area contributed by atoms with Gasteiger partial charge in [-0.25, -0.2) is 4.68 Å². The van der Waals surface area contributed by atoms with E-state index in [1.807, 2.05) is 22.9 Å². The maximum absolute atomic E-state index is 4.22. The molecule has 0 radical (unpaired) electrons. The fourth-order valence-electron chi connectivity index (χ4n) is 2.54. The Morgan fingerprint density at radius 1 is 1.11 bits per heavy atom. The molecule has 2 atom stereocenters. The first-order valence-corrected chi connectivity index (χ1v) is 7.58. The van der Waals surface area contributed by atoms with Gasteiger partial charge in [0.05, 0.1) is 6.04 Å². The second-order valence-electron chi connectivity index (χ2n) is 4.68. The second kappa shape index (κ2) is 5.34. The molecule has 1 aliphatic rings. The average Bonchev–Trinajstić information content (AvgIpc) is 2.89. The average molecular weight is 354 g/mol. The number of benzene rings is 1. The number of halogens is 1. The summed E-state index contributed by atoms with van der Waals surface area (Å²) in [6.07, 6.45) is 5.04. The van der Waals surface area contributed by atoms with E-state index >= 15 is 0 Å². The van der Waals surface area contributed by atoms with E-state index in [9.17, 15) is 0 Å². The molecule has 5 heteroatoms. The molecule has 1 aliphatic carbocycles. The lowest BCUT2D eigenvalue weighted by Gasteiger charge is -2.27. The second-order valence-corrected chi connectivity index (χ2v) is 6.28. The molecular formula is C13H15IN4. The Morgan fingerprint density at radius 2 is 1.89 bits per heavy atom. The topological polar surface area (TPSA) is 43.6 Å². The van der Waals surface area contributed by atoms with Crippen LogP contribution in [-0.4, -0.2) is 24.1 Å². The summed E-state index contributed by atoms with van der Waals surface area (Å²) in [6, 6.07) is 10.6. The van der Waals surface area contributed by atoms with E-state index in [2.05, 4.69) is 50.2 Å². The van der Waals surface area contributed by atoms with Gasteiger partial charge in [-0.2, -0.15) is 0 Å². The van der Waals surface area contributed by atoms with Gasteiger partial charge in [0.15, 0.2) is 5.82 Å². The molecule has 94 valence electrons. The van der Waals surface area contributed by atoms with Crippen molar-refractivity contribution in [2.45, 2.75) is 35.6 Å². The Bertz CT molecular complexity index is 511. The Hall–Kier alpha value is -0.980. The molecule has 4 nitrogen and oxygen atoms in total. The molecule has 2 unspecified atom stereocenters. The SMILES string of the molecule is IC1CCCCC1n1nnnc1-c1ccccc1. The van der Waals surface area contributed by atoms with Crippen LogP contribution < -0.4 is 0 Å². The fraction of sp³-hybridized carbons (Fsp3) is 0.462. The highest BCUT2D eigenvalue weighted by Gasteiger charge is 2.27. The quantitative estimate of drug-likeness (QED) is 0.614. The fourth-order valence-corrected chi connectivity index (χ4v) is 3.64. The standard InChI is InChI=1S/C13H15IN4/c14-11-8-4-5-9-12(11)18-13(15-16-17-18)10-6-2-1-3-7-10/h1-3,6-7,11-12H,4-5,8-9H2. The van der Waals surface area contributed by atoms with Crippen LogP contribution in [0.3, 0.4) is 0 Å². The monoisotopic (exact) mass is 354 g/mol. The zero-order valence-electron chi connectivity index (χ0n) is 10.0. The van der Waals surface area contributed by atoms with E-state index in [0.717, 1.165) is 11.4 Å². The summed E-state index contributed by atoms with van der Waals surface area (Å²) in [6.45, 7) is 0. The molecule has 0 aliphatic heterocycles. The highest BCUT2D eigenvalue weighted by atomic mass is 127. The first-order chi connectivity index (χ1) is 8.86. The van der Waals surface area contributed by atoms with Gasteiger partial charge in [-0.1, -0.05) is 65.8 Å². The van der Waals surface area contributed by atoms with E-state index in [4.69, 9.17) is 0 Å². The highest BCUT2D eigenvalue weighted by Crippen LogP contribution is 2.35. The maximum Gasteiger partial charge on any atom is 0.182 e. The van der Waals surface area contributed by atoms with Gasteiger partial charge in [-0.15, -0.1) is 5.10 Å². The number of hydrogen-bond acceptors (Lipinski definition) is 3. The summed E-state index contributed by atoms with van der Waals surface area (Å²) in [5, 5.41) is 12.3. The Labute approximate surface area is 120 Å². The van der Waals surface area contributed by atoms with Crippen LogP contribution in [0.25, 0.3) is 11.4 Å². The molecular weight excluding hydrogens is 339 g/mol. The summed E-state index contributed by atoms with van der Waals surface area (Å²) in [5.41, 5.74) is 1.09. The lowest BCUT2D eigenvalue weighted by Crippen LogP contribution is -2.24. The van der Waals surface area contributed by atoms with Gasteiger partial charge >= 0.3 is 0 Å². The largest absolute Gasteiger partial charge is 0.221 e. The number of nitrogens with zero attached hydrogens (tertiary/aromatic N) is 4. The predicted molar refractivity (Wildman–Crippen MR) is 78.6 cm³/mol. The number of aromatic nitrogens is 4. The van der Waals surface area contributed by atoms with Gasteiger partial charge < -0.3 is 0 Å². The van der Waals surface area contributed by atoms with E-state index in [1.54, 1.807) is 0 Å². The van der Waals surface area contributed by atoms with E-state index in [-0.39, 0.29) is 0 Å². The summed E-state index contributed by atoms with van der Waals surface area (Å²) in [4.78, 5) is 0. The van der Waals surface area contributed by atoms with Crippen molar-refractivity contribution in [1.82, 2.24) is 20.2 Å². The van der Waals surface area contributed by atoms with E-state index < -0.39 is 0 Å². The molecule has 0 N–H and O–H groups in total. The van der Waals surface area contributed by atoms with Gasteiger partial charge in [-0.05, 0) is 23.3 Å². The molecule has 1 heterocycles. The summed E-state index contributed by atoms with van der Waals surface area (Å²) >= 11 is 2.54. The van der Waals surface area contributed by atoms with Gasteiger partial charge in [-0.3, -0.25) is 0 Å². The normalized spacial score (nSPS) is 24.1. The third-order valence-electron chi connectivity index (χ3n) is 3.49. The van der Waals surface area contributed by atoms with E-state index in [1.165, 1.54) is 25.7 Å². The lowest BCUT2D eigenvalue weighted by molar-refractivity contribution is 0.346. The third-order valence-corrected chi connectivity index (χ3v) is 4.94. The van der Waals surface area contributed by atoms with Crippen LogP contribution in [0.4, 0.5) is 0 Å².